The lowest BCUT2D eigenvalue weighted by atomic mass is 10.0. The van der Waals surface area contributed by atoms with E-state index >= 15 is 0 Å². The molecule has 0 bridgehead atoms. The molecular weight excluding hydrogens is 380 g/mol. The summed E-state index contributed by atoms with van der Waals surface area (Å²) in [4.78, 5) is 8.67. The van der Waals surface area contributed by atoms with Crippen LogP contribution in [0.25, 0.3) is 10.9 Å². The number of nitrogens with one attached hydrogen (secondary N) is 3. The topological polar surface area (TPSA) is 97.0 Å². The summed E-state index contributed by atoms with van der Waals surface area (Å²) in [6.45, 7) is 4.87. The number of aromatic nitrogens is 4. The van der Waals surface area contributed by atoms with Crippen LogP contribution in [-0.2, 0) is 4.74 Å². The molecule has 8 heteroatoms. The zero-order chi connectivity index (χ0) is 20.9. The van der Waals surface area contributed by atoms with Crippen molar-refractivity contribution in [2.75, 3.05) is 24.4 Å². The Morgan fingerprint density at radius 1 is 1.17 bits per heavy atom. The van der Waals surface area contributed by atoms with E-state index in [-0.39, 0.29) is 6.10 Å². The minimum Gasteiger partial charge on any atom is -0.494 e. The average molecular weight is 411 g/mol. The molecule has 1 atom stereocenters. The molecule has 0 saturated heterocycles. The molecule has 8 nitrogen and oxygen atoms in total. The summed E-state index contributed by atoms with van der Waals surface area (Å²) in [6, 6.07) is 6.44. The summed E-state index contributed by atoms with van der Waals surface area (Å²) in [5, 5.41) is 15.5. The van der Waals surface area contributed by atoms with Gasteiger partial charge in [-0.05, 0) is 32.3 Å². The Kier molecular flexibility index (Phi) is 6.32. The summed E-state index contributed by atoms with van der Waals surface area (Å²) in [7, 11) is 1.66. The Labute approximate surface area is 176 Å². The van der Waals surface area contributed by atoms with Gasteiger partial charge in [-0.2, -0.15) is 5.10 Å². The van der Waals surface area contributed by atoms with Crippen molar-refractivity contribution in [2.45, 2.75) is 58.1 Å². The van der Waals surface area contributed by atoms with Gasteiger partial charge < -0.3 is 20.1 Å². The Hall–Kier alpha value is -2.87. The van der Waals surface area contributed by atoms with E-state index in [2.05, 4.69) is 43.8 Å². The van der Waals surface area contributed by atoms with Gasteiger partial charge in [0.1, 0.15) is 23.7 Å². The first-order valence-electron chi connectivity index (χ1n) is 10.7. The number of nitrogens with zero attached hydrogens (tertiary/aromatic N) is 3. The Bertz CT molecular complexity index is 985. The maximum atomic E-state index is 6.02. The zero-order valence-electron chi connectivity index (χ0n) is 17.9. The molecule has 160 valence electrons. The normalized spacial score (nSPS) is 14.6. The lowest BCUT2D eigenvalue weighted by Crippen LogP contribution is -2.06. The van der Waals surface area contributed by atoms with Crippen molar-refractivity contribution in [3.8, 4) is 5.75 Å². The lowest BCUT2D eigenvalue weighted by Gasteiger charge is -2.16. The molecule has 1 aliphatic carbocycles. The van der Waals surface area contributed by atoms with E-state index < -0.39 is 0 Å². The average Bonchev–Trinajstić information content (AvgIpc) is 3.48. The van der Waals surface area contributed by atoms with Crippen LogP contribution >= 0.6 is 0 Å². The van der Waals surface area contributed by atoms with Crippen LogP contribution in [0.2, 0.25) is 0 Å². The maximum Gasteiger partial charge on any atom is 0.144 e. The van der Waals surface area contributed by atoms with Gasteiger partial charge >= 0.3 is 0 Å². The van der Waals surface area contributed by atoms with Gasteiger partial charge in [-0.15, -0.1) is 0 Å². The third-order valence-corrected chi connectivity index (χ3v) is 5.27. The Morgan fingerprint density at radius 2 is 2.00 bits per heavy atom. The molecule has 1 saturated carbocycles. The van der Waals surface area contributed by atoms with E-state index in [1.807, 2.05) is 19.1 Å². The monoisotopic (exact) mass is 410 g/mol. The Balaban J connectivity index is 1.65. The first-order valence-corrected chi connectivity index (χ1v) is 10.7. The Morgan fingerprint density at radius 3 is 2.73 bits per heavy atom. The van der Waals surface area contributed by atoms with Gasteiger partial charge in [-0.1, -0.05) is 19.8 Å². The maximum absolute atomic E-state index is 6.02. The van der Waals surface area contributed by atoms with Gasteiger partial charge in [0.15, 0.2) is 0 Å². The van der Waals surface area contributed by atoms with Gasteiger partial charge in [-0.3, -0.25) is 5.10 Å². The van der Waals surface area contributed by atoms with Gasteiger partial charge in [0, 0.05) is 30.2 Å². The summed E-state index contributed by atoms with van der Waals surface area (Å²) in [6.07, 6.45) is 7.13. The van der Waals surface area contributed by atoms with Gasteiger partial charge in [0.05, 0.1) is 30.1 Å². The molecule has 4 rings (SSSR count). The molecule has 0 aliphatic heterocycles. The molecule has 3 aromatic rings. The number of anilines is 3. The summed E-state index contributed by atoms with van der Waals surface area (Å²) >= 11 is 0. The number of H-pyrrole nitrogens is 1. The molecule has 1 aliphatic rings. The van der Waals surface area contributed by atoms with Crippen molar-refractivity contribution in [1.82, 2.24) is 20.2 Å². The van der Waals surface area contributed by atoms with Gasteiger partial charge in [0.2, 0.25) is 0 Å². The number of ether oxygens (including phenoxy) is 2. The molecule has 1 unspecified atom stereocenters. The van der Waals surface area contributed by atoms with Crippen molar-refractivity contribution in [3.63, 3.8) is 0 Å². The number of aromatic amines is 1. The first-order chi connectivity index (χ1) is 14.7. The van der Waals surface area contributed by atoms with Crippen LogP contribution in [0, 0.1) is 0 Å². The second kappa shape index (κ2) is 9.30. The number of fused-ring (bicyclic) bond motifs is 1. The second-order valence-corrected chi connectivity index (χ2v) is 7.63. The van der Waals surface area contributed by atoms with Crippen LogP contribution in [0.3, 0.4) is 0 Å². The van der Waals surface area contributed by atoms with Crippen LogP contribution in [0.4, 0.5) is 17.3 Å². The first kappa shape index (κ1) is 20.4. The van der Waals surface area contributed by atoms with E-state index in [0.717, 1.165) is 47.4 Å². The highest BCUT2D eigenvalue weighted by Gasteiger charge is 2.22. The van der Waals surface area contributed by atoms with Crippen molar-refractivity contribution in [2.24, 2.45) is 0 Å². The van der Waals surface area contributed by atoms with Crippen molar-refractivity contribution >= 4 is 28.2 Å². The highest BCUT2D eigenvalue weighted by atomic mass is 16.5. The molecule has 0 spiro atoms. The largest absolute Gasteiger partial charge is 0.494 e. The predicted octanol–water partition coefficient (Wildman–Crippen LogP) is 4.95. The molecule has 1 aromatic carbocycles. The third kappa shape index (κ3) is 4.64. The standard InChI is InChI=1S/C22H30N6O2/c1-4-6-7-18(30-5-2)22-15-10-17(19(29-3)11-16(15)27-28-22)26-21-12-20(23-13-24-21)25-14-8-9-14/h10-14,18H,4-9H2,1-3H3,(H,27,28)(H2,23,24,25,26). The summed E-state index contributed by atoms with van der Waals surface area (Å²) in [5.41, 5.74) is 2.69. The zero-order valence-corrected chi connectivity index (χ0v) is 17.9. The number of benzene rings is 1. The van der Waals surface area contributed by atoms with Gasteiger partial charge in [0.25, 0.3) is 0 Å². The fraction of sp³-hybridized carbons (Fsp3) is 0.500. The molecule has 0 radical (unpaired) electrons. The third-order valence-electron chi connectivity index (χ3n) is 5.27. The van der Waals surface area contributed by atoms with E-state index in [4.69, 9.17) is 9.47 Å². The van der Waals surface area contributed by atoms with Crippen LogP contribution in [0.1, 0.15) is 57.7 Å². The number of methoxy groups -OCH3 is 1. The number of rotatable bonds is 11. The van der Waals surface area contributed by atoms with Crippen molar-refractivity contribution in [1.29, 1.82) is 0 Å². The highest BCUT2D eigenvalue weighted by Crippen LogP contribution is 2.36. The lowest BCUT2D eigenvalue weighted by molar-refractivity contribution is 0.0525. The smallest absolute Gasteiger partial charge is 0.144 e. The van der Waals surface area contributed by atoms with Crippen LogP contribution in [-0.4, -0.2) is 39.9 Å². The fourth-order valence-electron chi connectivity index (χ4n) is 3.55. The predicted molar refractivity (Wildman–Crippen MR) is 118 cm³/mol. The number of hydrogen-bond acceptors (Lipinski definition) is 7. The summed E-state index contributed by atoms with van der Waals surface area (Å²) < 4.78 is 11.6. The highest BCUT2D eigenvalue weighted by molar-refractivity contribution is 5.89. The van der Waals surface area contributed by atoms with Gasteiger partial charge in [-0.25, -0.2) is 9.97 Å². The van der Waals surface area contributed by atoms with Crippen molar-refractivity contribution in [3.05, 3.63) is 30.2 Å². The quantitative estimate of drug-likeness (QED) is 0.411. The van der Waals surface area contributed by atoms with Crippen LogP contribution in [0.15, 0.2) is 24.5 Å². The molecule has 1 fully saturated rings. The molecule has 0 amide bonds. The van der Waals surface area contributed by atoms with E-state index in [1.165, 1.54) is 12.8 Å². The van der Waals surface area contributed by atoms with Crippen LogP contribution in [0.5, 0.6) is 5.75 Å². The minimum atomic E-state index is -0.00501. The molecule has 2 heterocycles. The molecule has 30 heavy (non-hydrogen) atoms. The number of hydrogen-bond donors (Lipinski definition) is 3. The van der Waals surface area contributed by atoms with E-state index in [1.54, 1.807) is 13.4 Å². The number of unbranched alkanes of at least 4 members (excludes halogenated alkanes) is 1. The minimum absolute atomic E-state index is 0.00501. The van der Waals surface area contributed by atoms with Crippen LogP contribution < -0.4 is 15.4 Å². The molecular formula is C22H30N6O2. The summed E-state index contributed by atoms with van der Waals surface area (Å²) in [5.74, 6) is 2.25. The molecule has 2 aromatic heterocycles. The molecule has 3 N–H and O–H groups in total. The SMILES string of the molecule is CCCCC(OCC)c1[nH]nc2cc(OC)c(Nc3cc(NC4CC4)ncn3)cc12. The second-order valence-electron chi connectivity index (χ2n) is 7.63. The van der Waals surface area contributed by atoms with Crippen molar-refractivity contribution < 1.29 is 9.47 Å². The fourth-order valence-corrected chi connectivity index (χ4v) is 3.55. The van der Waals surface area contributed by atoms with E-state index in [0.29, 0.717) is 24.2 Å². The van der Waals surface area contributed by atoms with E-state index in [9.17, 15) is 0 Å².